The predicted molar refractivity (Wildman–Crippen MR) is 67.9 cm³/mol. The first-order valence-corrected chi connectivity index (χ1v) is 6.08. The molecule has 102 valence electrons. The molecule has 0 spiro atoms. The van der Waals surface area contributed by atoms with E-state index in [9.17, 15) is 9.59 Å². The molecule has 0 saturated heterocycles. The van der Waals surface area contributed by atoms with Crippen LogP contribution in [0.2, 0.25) is 0 Å². The van der Waals surface area contributed by atoms with Gasteiger partial charge in [-0.15, -0.1) is 6.42 Å². The Morgan fingerprint density at radius 2 is 1.94 bits per heavy atom. The van der Waals surface area contributed by atoms with Crippen LogP contribution in [-0.4, -0.2) is 43.8 Å². The maximum atomic E-state index is 11.4. The van der Waals surface area contributed by atoms with Crippen LogP contribution in [0.3, 0.4) is 0 Å². The lowest BCUT2D eigenvalue weighted by Crippen LogP contribution is -2.33. The van der Waals surface area contributed by atoms with E-state index in [1.807, 2.05) is 0 Å². The van der Waals surface area contributed by atoms with Gasteiger partial charge in [0.2, 0.25) is 0 Å². The normalized spacial score (nSPS) is 9.39. The minimum absolute atomic E-state index is 0.102. The van der Waals surface area contributed by atoms with Gasteiger partial charge >= 0.3 is 12.1 Å². The Hall–Kier alpha value is -1.70. The van der Waals surface area contributed by atoms with E-state index in [2.05, 4.69) is 17.6 Å². The second kappa shape index (κ2) is 10.5. The number of esters is 1. The summed E-state index contributed by atoms with van der Waals surface area (Å²) >= 11 is 0. The summed E-state index contributed by atoms with van der Waals surface area (Å²) in [6.45, 7) is 2.28. The van der Waals surface area contributed by atoms with E-state index in [0.29, 0.717) is 6.61 Å². The molecule has 0 rings (SSSR count). The molecular weight excluding hydrogens is 234 g/mol. The molecule has 0 atom stereocenters. The second-order valence-electron chi connectivity index (χ2n) is 3.90. The zero-order valence-corrected chi connectivity index (χ0v) is 11.1. The molecule has 0 unspecified atom stereocenters. The van der Waals surface area contributed by atoms with Gasteiger partial charge in [0, 0.05) is 7.05 Å². The first kappa shape index (κ1) is 16.3. The number of amides is 1. The molecule has 0 fully saturated rings. The van der Waals surface area contributed by atoms with E-state index in [1.165, 1.54) is 7.05 Å². The SMILES string of the molecule is C#CCOC(=O)N(C)CC(=O)OCCCCCC. The van der Waals surface area contributed by atoms with E-state index in [0.717, 1.165) is 30.6 Å². The Kier molecular flexibility index (Phi) is 9.47. The summed E-state index contributed by atoms with van der Waals surface area (Å²) in [5.74, 6) is 1.74. The maximum Gasteiger partial charge on any atom is 0.410 e. The summed E-state index contributed by atoms with van der Waals surface area (Å²) in [5, 5.41) is 0. The Labute approximate surface area is 108 Å². The van der Waals surface area contributed by atoms with Gasteiger partial charge in [-0.3, -0.25) is 4.79 Å². The molecule has 0 saturated carbocycles. The van der Waals surface area contributed by atoms with Crippen LogP contribution in [0.25, 0.3) is 0 Å². The van der Waals surface area contributed by atoms with Gasteiger partial charge in [0.15, 0.2) is 6.61 Å². The molecule has 0 aliphatic rings. The molecular formula is C13H21NO4. The zero-order valence-electron chi connectivity index (χ0n) is 11.1. The number of terminal acetylenes is 1. The number of unbranched alkanes of at least 4 members (excludes halogenated alkanes) is 3. The van der Waals surface area contributed by atoms with Crippen molar-refractivity contribution in [1.29, 1.82) is 0 Å². The summed E-state index contributed by atoms with van der Waals surface area (Å²) in [4.78, 5) is 23.7. The number of likely N-dealkylation sites (N-methyl/N-ethyl adjacent to an activating group) is 1. The van der Waals surface area contributed by atoms with E-state index in [-0.39, 0.29) is 13.2 Å². The number of hydrogen-bond donors (Lipinski definition) is 0. The van der Waals surface area contributed by atoms with Crippen LogP contribution in [0, 0.1) is 12.3 Å². The topological polar surface area (TPSA) is 55.8 Å². The Balaban J connectivity index is 3.67. The summed E-state index contributed by atoms with van der Waals surface area (Å²) in [5.41, 5.74) is 0. The number of rotatable bonds is 8. The highest BCUT2D eigenvalue weighted by molar-refractivity contribution is 5.77. The van der Waals surface area contributed by atoms with Crippen molar-refractivity contribution in [3.8, 4) is 12.3 Å². The van der Waals surface area contributed by atoms with Gasteiger partial charge in [0.25, 0.3) is 0 Å². The van der Waals surface area contributed by atoms with Gasteiger partial charge in [0.05, 0.1) is 6.61 Å². The Morgan fingerprint density at radius 3 is 2.56 bits per heavy atom. The number of ether oxygens (including phenoxy) is 2. The lowest BCUT2D eigenvalue weighted by Gasteiger charge is -2.15. The van der Waals surface area contributed by atoms with E-state index in [4.69, 9.17) is 11.2 Å². The monoisotopic (exact) mass is 255 g/mol. The van der Waals surface area contributed by atoms with Crippen molar-refractivity contribution >= 4 is 12.1 Å². The Bertz CT molecular complexity index is 296. The van der Waals surface area contributed by atoms with Gasteiger partial charge in [-0.2, -0.15) is 0 Å². The van der Waals surface area contributed by atoms with E-state index < -0.39 is 12.1 Å². The first-order valence-electron chi connectivity index (χ1n) is 6.08. The fraction of sp³-hybridized carbons (Fsp3) is 0.692. The van der Waals surface area contributed by atoms with E-state index >= 15 is 0 Å². The Morgan fingerprint density at radius 1 is 1.22 bits per heavy atom. The van der Waals surface area contributed by atoms with E-state index in [1.54, 1.807) is 0 Å². The molecule has 0 radical (unpaired) electrons. The van der Waals surface area contributed by atoms with Crippen LogP contribution in [0.15, 0.2) is 0 Å². The lowest BCUT2D eigenvalue weighted by molar-refractivity contribution is -0.144. The smallest absolute Gasteiger partial charge is 0.410 e. The van der Waals surface area contributed by atoms with Crippen molar-refractivity contribution in [2.75, 3.05) is 26.8 Å². The van der Waals surface area contributed by atoms with Gasteiger partial charge in [-0.1, -0.05) is 32.1 Å². The van der Waals surface area contributed by atoms with Crippen LogP contribution in [-0.2, 0) is 14.3 Å². The molecule has 0 N–H and O–H groups in total. The number of carbonyl (C=O) groups excluding carboxylic acids is 2. The molecule has 0 aromatic rings. The van der Waals surface area contributed by atoms with Crippen LogP contribution in [0.1, 0.15) is 32.6 Å². The molecule has 0 aromatic heterocycles. The molecule has 1 amide bonds. The molecule has 0 aliphatic carbocycles. The lowest BCUT2D eigenvalue weighted by atomic mass is 10.2. The van der Waals surface area contributed by atoms with Crippen LogP contribution in [0.4, 0.5) is 4.79 Å². The number of hydrogen-bond acceptors (Lipinski definition) is 4. The predicted octanol–water partition coefficient (Wildman–Crippen LogP) is 1.81. The summed E-state index contributed by atoms with van der Waals surface area (Å²) in [7, 11) is 1.46. The largest absolute Gasteiger partial charge is 0.464 e. The van der Waals surface area contributed by atoms with Gasteiger partial charge in [0.1, 0.15) is 6.54 Å². The van der Waals surface area contributed by atoms with Crippen LogP contribution < -0.4 is 0 Å². The van der Waals surface area contributed by atoms with Gasteiger partial charge in [-0.25, -0.2) is 4.79 Å². The quantitative estimate of drug-likeness (QED) is 0.377. The minimum atomic E-state index is -0.629. The van der Waals surface area contributed by atoms with Crippen molar-refractivity contribution in [2.24, 2.45) is 0 Å². The third-order valence-corrected chi connectivity index (χ3v) is 2.22. The zero-order chi connectivity index (χ0) is 13.8. The molecule has 18 heavy (non-hydrogen) atoms. The van der Waals surface area contributed by atoms with Crippen LogP contribution in [0.5, 0.6) is 0 Å². The van der Waals surface area contributed by atoms with Crippen molar-refractivity contribution in [1.82, 2.24) is 4.90 Å². The maximum absolute atomic E-state index is 11.4. The van der Waals surface area contributed by atoms with Crippen molar-refractivity contribution in [3.63, 3.8) is 0 Å². The molecule has 0 heterocycles. The summed E-state index contributed by atoms with van der Waals surface area (Å²) in [6.07, 6.45) is 8.49. The molecule has 0 aromatic carbocycles. The number of nitrogens with zero attached hydrogens (tertiary/aromatic N) is 1. The molecule has 0 bridgehead atoms. The fourth-order valence-electron chi connectivity index (χ4n) is 1.23. The first-order chi connectivity index (χ1) is 8.61. The highest BCUT2D eigenvalue weighted by Crippen LogP contribution is 1.99. The third-order valence-electron chi connectivity index (χ3n) is 2.22. The van der Waals surface area contributed by atoms with Gasteiger partial charge < -0.3 is 14.4 Å². The highest BCUT2D eigenvalue weighted by Gasteiger charge is 2.14. The standard InChI is InChI=1S/C13H21NO4/c1-4-6-7-8-10-17-12(15)11-14(3)13(16)18-9-5-2/h2H,4,6-11H2,1,3H3. The number of carbonyl (C=O) groups is 2. The average Bonchev–Trinajstić information content (AvgIpc) is 2.35. The highest BCUT2D eigenvalue weighted by atomic mass is 16.6. The van der Waals surface area contributed by atoms with Crippen molar-refractivity contribution in [3.05, 3.63) is 0 Å². The second-order valence-corrected chi connectivity index (χ2v) is 3.90. The summed E-state index contributed by atoms with van der Waals surface area (Å²) < 4.78 is 9.64. The fourth-order valence-corrected chi connectivity index (χ4v) is 1.23. The molecule has 5 nitrogen and oxygen atoms in total. The summed E-state index contributed by atoms with van der Waals surface area (Å²) in [6, 6.07) is 0. The molecule has 0 aliphatic heterocycles. The van der Waals surface area contributed by atoms with Crippen molar-refractivity contribution in [2.45, 2.75) is 32.6 Å². The minimum Gasteiger partial charge on any atom is -0.464 e. The average molecular weight is 255 g/mol. The van der Waals surface area contributed by atoms with Crippen molar-refractivity contribution < 1.29 is 19.1 Å². The molecule has 5 heteroatoms. The van der Waals surface area contributed by atoms with Gasteiger partial charge in [-0.05, 0) is 6.42 Å². The van der Waals surface area contributed by atoms with Crippen LogP contribution >= 0.6 is 0 Å². The third kappa shape index (κ3) is 8.45.